The number of benzene rings is 2. The van der Waals surface area contributed by atoms with Crippen LogP contribution >= 0.6 is 0 Å². The fraction of sp³-hybridized carbons (Fsp3) is 0.533. The van der Waals surface area contributed by atoms with Crippen LogP contribution < -0.4 is 0 Å². The van der Waals surface area contributed by atoms with E-state index >= 15 is 0 Å². The van der Waals surface area contributed by atoms with E-state index < -0.39 is 6.09 Å². The highest BCUT2D eigenvalue weighted by Crippen LogP contribution is 2.53. The summed E-state index contributed by atoms with van der Waals surface area (Å²) in [5.74, 6) is 0.477. The number of nitrogens with zero attached hydrogens (tertiary/aromatic N) is 4. The van der Waals surface area contributed by atoms with Gasteiger partial charge >= 0.3 is 6.09 Å². The van der Waals surface area contributed by atoms with Crippen LogP contribution in [0.15, 0.2) is 48.5 Å². The molecule has 6 nitrogen and oxygen atoms in total. The maximum absolute atomic E-state index is 11.4. The van der Waals surface area contributed by atoms with Gasteiger partial charge in [0, 0.05) is 51.4 Å². The Morgan fingerprint density at radius 1 is 1.06 bits per heavy atom. The lowest BCUT2D eigenvalue weighted by Crippen LogP contribution is -2.60. The standard InChI is InChI=1S/C30H38N4O2/c1-22(2)26-5-3-4-6-27(26)28-21-32(20-24-9-7-23(19-31)8-10-24)15-16-34(28)25-17-30(18-25)11-13-33(14-12-30)29(35)36/h3-10,22,25,28H,11-18,20-21H2,1-2H3,(H,35,36). The summed E-state index contributed by atoms with van der Waals surface area (Å²) in [6.45, 7) is 9.93. The lowest BCUT2D eigenvalue weighted by atomic mass is 9.59. The predicted octanol–water partition coefficient (Wildman–Crippen LogP) is 5.46. The second kappa shape index (κ2) is 10.2. The maximum atomic E-state index is 11.4. The minimum atomic E-state index is -0.774. The topological polar surface area (TPSA) is 70.8 Å². The normalized spacial score (nSPS) is 22.9. The van der Waals surface area contributed by atoms with E-state index in [9.17, 15) is 9.90 Å². The number of carboxylic acid groups (broad SMARTS) is 1. The van der Waals surface area contributed by atoms with Crippen LogP contribution in [0.3, 0.4) is 0 Å². The molecular formula is C30H38N4O2. The molecule has 3 fully saturated rings. The number of likely N-dealkylation sites (tertiary alicyclic amines) is 1. The predicted molar refractivity (Wildman–Crippen MR) is 141 cm³/mol. The van der Waals surface area contributed by atoms with Crippen LogP contribution in [0.1, 0.15) is 73.7 Å². The quantitative estimate of drug-likeness (QED) is 0.607. The largest absolute Gasteiger partial charge is 0.465 e. The molecule has 2 saturated heterocycles. The van der Waals surface area contributed by atoms with Gasteiger partial charge in [0.15, 0.2) is 0 Å². The summed E-state index contributed by atoms with van der Waals surface area (Å²) in [6.07, 6.45) is 3.61. The number of hydrogen-bond acceptors (Lipinski definition) is 4. The molecule has 36 heavy (non-hydrogen) atoms. The van der Waals surface area contributed by atoms with E-state index in [1.54, 1.807) is 4.90 Å². The van der Waals surface area contributed by atoms with Crippen molar-refractivity contribution < 1.29 is 9.90 Å². The van der Waals surface area contributed by atoms with Crippen LogP contribution in [0.5, 0.6) is 0 Å². The number of piperidine rings is 1. The molecule has 0 radical (unpaired) electrons. The molecule has 1 atom stereocenters. The molecule has 0 aromatic heterocycles. The van der Waals surface area contributed by atoms with Crippen LogP contribution in [0.25, 0.3) is 0 Å². The van der Waals surface area contributed by atoms with Crippen molar-refractivity contribution in [3.05, 3.63) is 70.8 Å². The average Bonchev–Trinajstić information content (AvgIpc) is 2.88. The van der Waals surface area contributed by atoms with Crippen LogP contribution in [0.2, 0.25) is 0 Å². The smallest absolute Gasteiger partial charge is 0.407 e. The zero-order valence-electron chi connectivity index (χ0n) is 21.6. The van der Waals surface area contributed by atoms with Gasteiger partial charge in [0.25, 0.3) is 0 Å². The van der Waals surface area contributed by atoms with Crippen LogP contribution in [-0.4, -0.2) is 64.7 Å². The van der Waals surface area contributed by atoms with Crippen LogP contribution in [-0.2, 0) is 6.54 Å². The second-order valence-electron chi connectivity index (χ2n) is 11.4. The van der Waals surface area contributed by atoms with E-state index in [-0.39, 0.29) is 0 Å². The summed E-state index contributed by atoms with van der Waals surface area (Å²) in [4.78, 5) is 18.3. The summed E-state index contributed by atoms with van der Waals surface area (Å²) in [5, 5.41) is 18.5. The Balaban J connectivity index is 1.32. The molecule has 2 aliphatic heterocycles. The van der Waals surface area contributed by atoms with E-state index in [1.165, 1.54) is 29.5 Å². The number of carbonyl (C=O) groups is 1. The molecule has 5 rings (SSSR count). The molecular weight excluding hydrogens is 448 g/mol. The summed E-state index contributed by atoms with van der Waals surface area (Å²) in [5.41, 5.74) is 5.19. The molecule has 1 spiro atoms. The minimum Gasteiger partial charge on any atom is -0.465 e. The van der Waals surface area contributed by atoms with Gasteiger partial charge in [-0.15, -0.1) is 0 Å². The van der Waals surface area contributed by atoms with Crippen molar-refractivity contribution in [3.63, 3.8) is 0 Å². The lowest BCUT2D eigenvalue weighted by molar-refractivity contribution is -0.0749. The Hall–Kier alpha value is -2.88. The van der Waals surface area contributed by atoms with Gasteiger partial charge in [-0.2, -0.15) is 5.26 Å². The molecule has 0 bridgehead atoms. The van der Waals surface area contributed by atoms with Crippen LogP contribution in [0, 0.1) is 16.7 Å². The molecule has 1 aliphatic carbocycles. The highest BCUT2D eigenvalue weighted by molar-refractivity contribution is 5.65. The highest BCUT2D eigenvalue weighted by Gasteiger charge is 2.50. The maximum Gasteiger partial charge on any atom is 0.407 e. The lowest BCUT2D eigenvalue weighted by Gasteiger charge is -2.58. The van der Waals surface area contributed by atoms with Crippen molar-refractivity contribution in [2.24, 2.45) is 5.41 Å². The summed E-state index contributed by atoms with van der Waals surface area (Å²) in [7, 11) is 0. The third-order valence-corrected chi connectivity index (χ3v) is 8.87. The molecule has 2 heterocycles. The molecule has 190 valence electrons. The van der Waals surface area contributed by atoms with E-state index in [0.717, 1.165) is 39.0 Å². The van der Waals surface area contributed by atoms with E-state index in [2.05, 4.69) is 66.1 Å². The first-order valence-electron chi connectivity index (χ1n) is 13.4. The SMILES string of the molecule is CC(C)c1ccccc1C1CN(Cc2ccc(C#N)cc2)CCN1C1CC2(CCN(C(=O)O)CC2)C1. The first-order chi connectivity index (χ1) is 17.4. The van der Waals surface area contributed by atoms with Crippen molar-refractivity contribution in [2.45, 2.75) is 64.1 Å². The fourth-order valence-electron chi connectivity index (χ4n) is 6.75. The third kappa shape index (κ3) is 5.00. The number of hydrogen-bond donors (Lipinski definition) is 1. The van der Waals surface area contributed by atoms with E-state index in [0.29, 0.717) is 42.1 Å². The van der Waals surface area contributed by atoms with E-state index in [1.807, 2.05) is 12.1 Å². The van der Waals surface area contributed by atoms with Gasteiger partial charge in [0.05, 0.1) is 11.6 Å². The Morgan fingerprint density at radius 2 is 1.75 bits per heavy atom. The van der Waals surface area contributed by atoms with Gasteiger partial charge in [-0.25, -0.2) is 4.79 Å². The van der Waals surface area contributed by atoms with Crippen molar-refractivity contribution in [1.29, 1.82) is 5.26 Å². The molecule has 1 amide bonds. The Bertz CT molecular complexity index is 1110. The van der Waals surface area contributed by atoms with Gasteiger partial charge in [-0.05, 0) is 65.8 Å². The summed E-state index contributed by atoms with van der Waals surface area (Å²) in [6, 6.07) is 20.1. The first kappa shape index (κ1) is 24.8. The molecule has 6 heteroatoms. The Morgan fingerprint density at radius 3 is 2.39 bits per heavy atom. The molecule has 1 unspecified atom stereocenters. The first-order valence-corrected chi connectivity index (χ1v) is 13.4. The average molecular weight is 487 g/mol. The number of piperazine rings is 1. The van der Waals surface area contributed by atoms with Gasteiger partial charge < -0.3 is 10.0 Å². The Kier molecular flexibility index (Phi) is 7.05. The van der Waals surface area contributed by atoms with Gasteiger partial charge in [0.1, 0.15) is 0 Å². The molecule has 1 saturated carbocycles. The molecule has 3 aliphatic rings. The van der Waals surface area contributed by atoms with Crippen molar-refractivity contribution in [1.82, 2.24) is 14.7 Å². The zero-order valence-corrected chi connectivity index (χ0v) is 21.6. The highest BCUT2D eigenvalue weighted by atomic mass is 16.4. The van der Waals surface area contributed by atoms with Crippen LogP contribution in [0.4, 0.5) is 4.79 Å². The number of amides is 1. The van der Waals surface area contributed by atoms with Gasteiger partial charge in [-0.1, -0.05) is 50.2 Å². The number of rotatable bonds is 5. The number of nitriles is 1. The molecule has 2 aromatic carbocycles. The van der Waals surface area contributed by atoms with Crippen molar-refractivity contribution >= 4 is 6.09 Å². The fourth-order valence-corrected chi connectivity index (χ4v) is 6.75. The van der Waals surface area contributed by atoms with Gasteiger partial charge in [-0.3, -0.25) is 9.80 Å². The monoisotopic (exact) mass is 486 g/mol. The zero-order chi connectivity index (χ0) is 25.3. The minimum absolute atomic E-state index is 0.332. The Labute approximate surface area is 215 Å². The second-order valence-corrected chi connectivity index (χ2v) is 11.4. The summed E-state index contributed by atoms with van der Waals surface area (Å²) >= 11 is 0. The molecule has 1 N–H and O–H groups in total. The summed E-state index contributed by atoms with van der Waals surface area (Å²) < 4.78 is 0. The molecule has 2 aromatic rings. The third-order valence-electron chi connectivity index (χ3n) is 8.87. The van der Waals surface area contributed by atoms with Crippen molar-refractivity contribution in [2.75, 3.05) is 32.7 Å². The van der Waals surface area contributed by atoms with Gasteiger partial charge in [0.2, 0.25) is 0 Å². The van der Waals surface area contributed by atoms with E-state index in [4.69, 9.17) is 5.26 Å². The van der Waals surface area contributed by atoms with Crippen molar-refractivity contribution in [3.8, 4) is 6.07 Å².